The summed E-state index contributed by atoms with van der Waals surface area (Å²) < 4.78 is 18.7. The molecule has 0 aromatic heterocycles. The van der Waals surface area contributed by atoms with Crippen molar-refractivity contribution in [2.75, 3.05) is 12.4 Å². The van der Waals surface area contributed by atoms with Crippen molar-refractivity contribution in [3.63, 3.8) is 0 Å². The number of nitrogens with one attached hydrogen (secondary N) is 1. The molecule has 0 aliphatic heterocycles. The second-order valence-electron chi connectivity index (χ2n) is 4.24. The maximum atomic E-state index is 13.1. The van der Waals surface area contributed by atoms with Crippen LogP contribution >= 0.6 is 15.9 Å². The summed E-state index contributed by atoms with van der Waals surface area (Å²) in [4.78, 5) is 10.2. The number of nitro groups is 1. The van der Waals surface area contributed by atoms with Crippen LogP contribution in [0.15, 0.2) is 40.9 Å². The van der Waals surface area contributed by atoms with Crippen molar-refractivity contribution in [3.8, 4) is 5.75 Å². The fourth-order valence-corrected chi connectivity index (χ4v) is 2.21. The van der Waals surface area contributed by atoms with Gasteiger partial charge in [-0.2, -0.15) is 0 Å². The van der Waals surface area contributed by atoms with Crippen molar-refractivity contribution in [3.05, 3.63) is 62.4 Å². The number of anilines is 1. The minimum absolute atomic E-state index is 0.0399. The first-order valence-corrected chi connectivity index (χ1v) is 6.81. The Hall–Kier alpha value is -2.15. The van der Waals surface area contributed by atoms with Crippen molar-refractivity contribution in [2.24, 2.45) is 0 Å². The van der Waals surface area contributed by atoms with Gasteiger partial charge in [0.25, 0.3) is 5.69 Å². The van der Waals surface area contributed by atoms with Gasteiger partial charge >= 0.3 is 0 Å². The Balaban J connectivity index is 2.15. The van der Waals surface area contributed by atoms with Gasteiger partial charge in [0.2, 0.25) is 0 Å². The summed E-state index contributed by atoms with van der Waals surface area (Å²) in [6.45, 7) is 0.438. The molecule has 0 bridgehead atoms. The Bertz CT molecular complexity index is 679. The smallest absolute Gasteiger partial charge is 0.273 e. The number of rotatable bonds is 5. The Labute approximate surface area is 129 Å². The summed E-state index contributed by atoms with van der Waals surface area (Å²) in [7, 11) is 1.44. The van der Waals surface area contributed by atoms with Gasteiger partial charge in [0.15, 0.2) is 0 Å². The van der Waals surface area contributed by atoms with Crippen molar-refractivity contribution in [1.82, 2.24) is 0 Å². The maximum Gasteiger partial charge on any atom is 0.273 e. The molecule has 2 aromatic rings. The van der Waals surface area contributed by atoms with E-state index in [1.54, 1.807) is 18.2 Å². The maximum absolute atomic E-state index is 13.1. The Morgan fingerprint density at radius 3 is 2.71 bits per heavy atom. The van der Waals surface area contributed by atoms with Crippen LogP contribution in [0.25, 0.3) is 0 Å². The van der Waals surface area contributed by atoms with Gasteiger partial charge in [0.1, 0.15) is 11.6 Å². The van der Waals surface area contributed by atoms with E-state index in [9.17, 15) is 14.5 Å². The summed E-state index contributed by atoms with van der Waals surface area (Å²) in [5.74, 6) is 0.0528. The molecule has 2 aromatic carbocycles. The van der Waals surface area contributed by atoms with Crippen LogP contribution in [0.4, 0.5) is 15.8 Å². The van der Waals surface area contributed by atoms with Gasteiger partial charge < -0.3 is 10.1 Å². The van der Waals surface area contributed by atoms with Crippen LogP contribution in [0.3, 0.4) is 0 Å². The number of ether oxygens (including phenoxy) is 1. The highest BCUT2D eigenvalue weighted by Gasteiger charge is 2.11. The third kappa shape index (κ3) is 3.69. The van der Waals surface area contributed by atoms with E-state index < -0.39 is 4.92 Å². The van der Waals surface area contributed by atoms with E-state index in [1.165, 1.54) is 25.3 Å². The molecular weight excluding hydrogens is 343 g/mol. The Morgan fingerprint density at radius 2 is 2.10 bits per heavy atom. The lowest BCUT2D eigenvalue weighted by molar-refractivity contribution is -0.384. The van der Waals surface area contributed by atoms with Crippen LogP contribution in [0, 0.1) is 15.9 Å². The molecule has 0 saturated heterocycles. The van der Waals surface area contributed by atoms with Gasteiger partial charge in [-0.15, -0.1) is 0 Å². The van der Waals surface area contributed by atoms with Crippen molar-refractivity contribution in [2.45, 2.75) is 6.54 Å². The zero-order chi connectivity index (χ0) is 15.4. The summed E-state index contributed by atoms with van der Waals surface area (Å²) in [5, 5.41) is 13.8. The minimum Gasteiger partial charge on any atom is -0.494 e. The molecule has 0 aliphatic carbocycles. The third-order valence-electron chi connectivity index (χ3n) is 2.86. The highest BCUT2D eigenvalue weighted by Crippen LogP contribution is 2.29. The van der Waals surface area contributed by atoms with E-state index in [4.69, 9.17) is 4.74 Å². The highest BCUT2D eigenvalue weighted by atomic mass is 79.9. The normalized spacial score (nSPS) is 10.2. The molecule has 2 rings (SSSR count). The number of nitrogens with zero attached hydrogens (tertiary/aromatic N) is 1. The first kappa shape index (κ1) is 15.2. The van der Waals surface area contributed by atoms with Crippen LogP contribution in [0.2, 0.25) is 0 Å². The number of benzene rings is 2. The minimum atomic E-state index is -0.483. The molecule has 0 fully saturated rings. The van der Waals surface area contributed by atoms with Gasteiger partial charge in [-0.3, -0.25) is 10.1 Å². The zero-order valence-corrected chi connectivity index (χ0v) is 12.7. The SMILES string of the molecule is COc1cc([N+](=O)[O-])ccc1NCc1ccc(F)c(Br)c1. The summed E-state index contributed by atoms with van der Waals surface area (Å²) >= 11 is 3.12. The van der Waals surface area contributed by atoms with E-state index >= 15 is 0 Å². The van der Waals surface area contributed by atoms with Crippen LogP contribution in [-0.2, 0) is 6.54 Å². The molecule has 0 saturated carbocycles. The van der Waals surface area contributed by atoms with Crippen LogP contribution < -0.4 is 10.1 Å². The summed E-state index contributed by atoms with van der Waals surface area (Å²) in [6.07, 6.45) is 0. The first-order chi connectivity index (χ1) is 10.0. The topological polar surface area (TPSA) is 64.4 Å². The molecule has 110 valence electrons. The fraction of sp³-hybridized carbons (Fsp3) is 0.143. The molecule has 0 heterocycles. The molecule has 0 unspecified atom stereocenters. The largest absolute Gasteiger partial charge is 0.494 e. The predicted octanol–water partition coefficient (Wildman–Crippen LogP) is 4.12. The first-order valence-electron chi connectivity index (χ1n) is 6.01. The molecule has 0 aliphatic rings. The standard InChI is InChI=1S/C14H12BrFN2O3/c1-21-14-7-10(18(19)20)3-5-13(14)17-8-9-2-4-12(16)11(15)6-9/h2-7,17H,8H2,1H3. The van der Waals surface area contributed by atoms with Crippen LogP contribution in [-0.4, -0.2) is 12.0 Å². The summed E-state index contributed by atoms with van der Waals surface area (Å²) in [6, 6.07) is 9.02. The molecule has 21 heavy (non-hydrogen) atoms. The molecule has 0 spiro atoms. The number of nitro benzene ring substituents is 1. The fourth-order valence-electron chi connectivity index (χ4n) is 1.79. The van der Waals surface area contributed by atoms with Crippen LogP contribution in [0.5, 0.6) is 5.75 Å². The summed E-state index contributed by atoms with van der Waals surface area (Å²) in [5.41, 5.74) is 1.45. The van der Waals surface area contributed by atoms with Gasteiger partial charge in [-0.25, -0.2) is 4.39 Å². The van der Waals surface area contributed by atoms with Gasteiger partial charge in [-0.1, -0.05) is 6.07 Å². The monoisotopic (exact) mass is 354 g/mol. The molecule has 1 N–H and O–H groups in total. The average Bonchev–Trinajstić information content (AvgIpc) is 2.48. The Morgan fingerprint density at radius 1 is 1.33 bits per heavy atom. The number of non-ortho nitro benzene ring substituents is 1. The van der Waals surface area contributed by atoms with E-state index in [1.807, 2.05) is 0 Å². The van der Waals surface area contributed by atoms with Gasteiger partial charge in [0, 0.05) is 12.6 Å². The molecule has 0 atom stereocenters. The molecule has 7 heteroatoms. The quantitative estimate of drug-likeness (QED) is 0.647. The Kier molecular flexibility index (Phi) is 4.74. The molecule has 0 amide bonds. The van der Waals surface area contributed by atoms with Crippen molar-refractivity contribution < 1.29 is 14.1 Å². The van der Waals surface area contributed by atoms with Crippen molar-refractivity contribution in [1.29, 1.82) is 0 Å². The highest BCUT2D eigenvalue weighted by molar-refractivity contribution is 9.10. The van der Waals surface area contributed by atoms with Gasteiger partial charge in [-0.05, 0) is 39.7 Å². The number of halogens is 2. The molecule has 5 nitrogen and oxygen atoms in total. The van der Waals surface area contributed by atoms with Gasteiger partial charge in [0.05, 0.1) is 28.3 Å². The lowest BCUT2D eigenvalue weighted by Crippen LogP contribution is -2.02. The van der Waals surface area contributed by atoms with Crippen molar-refractivity contribution >= 4 is 27.3 Å². The van der Waals surface area contributed by atoms with Crippen LogP contribution in [0.1, 0.15) is 5.56 Å². The van der Waals surface area contributed by atoms with E-state index in [0.29, 0.717) is 22.5 Å². The van der Waals surface area contributed by atoms with E-state index in [0.717, 1.165) is 5.56 Å². The molecule has 0 radical (unpaired) electrons. The average molecular weight is 355 g/mol. The number of methoxy groups -OCH3 is 1. The second-order valence-corrected chi connectivity index (χ2v) is 5.10. The third-order valence-corrected chi connectivity index (χ3v) is 3.47. The second kappa shape index (κ2) is 6.53. The number of hydrogen-bond donors (Lipinski definition) is 1. The lowest BCUT2D eigenvalue weighted by Gasteiger charge is -2.11. The predicted molar refractivity (Wildman–Crippen MR) is 81.1 cm³/mol. The lowest BCUT2D eigenvalue weighted by atomic mass is 10.2. The van der Waals surface area contributed by atoms with E-state index in [2.05, 4.69) is 21.2 Å². The molecular formula is C14H12BrFN2O3. The zero-order valence-electron chi connectivity index (χ0n) is 11.1. The van der Waals surface area contributed by atoms with E-state index in [-0.39, 0.29) is 11.5 Å². The number of hydrogen-bond acceptors (Lipinski definition) is 4.